The van der Waals surface area contributed by atoms with Crippen LogP contribution in [0.1, 0.15) is 27.4 Å². The van der Waals surface area contributed by atoms with Crippen LogP contribution in [0.3, 0.4) is 0 Å². The van der Waals surface area contributed by atoms with Crippen LogP contribution in [0.25, 0.3) is 0 Å². The fourth-order valence-electron chi connectivity index (χ4n) is 2.48. The number of carbonyl (C=O) groups is 1. The van der Waals surface area contributed by atoms with Gasteiger partial charge in [0, 0.05) is 18.7 Å². The van der Waals surface area contributed by atoms with Crippen LogP contribution in [0.2, 0.25) is 0 Å². The largest absolute Gasteiger partial charge is 0.478 e. The summed E-state index contributed by atoms with van der Waals surface area (Å²) >= 11 is 0. The first-order valence-corrected chi connectivity index (χ1v) is 6.25. The molecule has 0 aliphatic heterocycles. The SMILES string of the molecule is O=C(O)c1cccnc1NCC1Cc2ccccc21. The molecule has 4 heteroatoms. The third-order valence-electron chi connectivity index (χ3n) is 3.52. The molecular formula is C15H14N2O2. The fourth-order valence-corrected chi connectivity index (χ4v) is 2.48. The highest BCUT2D eigenvalue weighted by atomic mass is 16.4. The summed E-state index contributed by atoms with van der Waals surface area (Å²) in [5, 5.41) is 12.2. The van der Waals surface area contributed by atoms with Crippen LogP contribution in [-0.2, 0) is 6.42 Å². The van der Waals surface area contributed by atoms with Gasteiger partial charge in [0.1, 0.15) is 11.4 Å². The number of aromatic nitrogens is 1. The molecule has 1 atom stereocenters. The van der Waals surface area contributed by atoms with Gasteiger partial charge in [0.15, 0.2) is 0 Å². The highest BCUT2D eigenvalue weighted by molar-refractivity contribution is 5.92. The lowest BCUT2D eigenvalue weighted by molar-refractivity contribution is 0.0697. The number of nitrogens with zero attached hydrogens (tertiary/aromatic N) is 1. The lowest BCUT2D eigenvalue weighted by atomic mass is 9.77. The molecule has 1 aromatic heterocycles. The summed E-state index contributed by atoms with van der Waals surface area (Å²) < 4.78 is 0. The summed E-state index contributed by atoms with van der Waals surface area (Å²) in [6.45, 7) is 0.717. The average Bonchev–Trinajstić information content (AvgIpc) is 2.40. The minimum absolute atomic E-state index is 0.218. The van der Waals surface area contributed by atoms with Gasteiger partial charge in [-0.05, 0) is 29.7 Å². The predicted octanol–water partition coefficient (Wildman–Crippen LogP) is 2.53. The van der Waals surface area contributed by atoms with Crippen molar-refractivity contribution in [1.29, 1.82) is 0 Å². The molecule has 1 aromatic carbocycles. The molecule has 0 amide bonds. The summed E-state index contributed by atoms with van der Waals surface area (Å²) in [5.41, 5.74) is 2.95. The van der Waals surface area contributed by atoms with E-state index in [9.17, 15) is 4.79 Å². The number of carboxylic acids is 1. The van der Waals surface area contributed by atoms with Crippen molar-refractivity contribution in [2.24, 2.45) is 0 Å². The van der Waals surface area contributed by atoms with Crippen molar-refractivity contribution in [3.05, 3.63) is 59.3 Å². The van der Waals surface area contributed by atoms with Crippen LogP contribution >= 0.6 is 0 Å². The van der Waals surface area contributed by atoms with Gasteiger partial charge in [-0.15, -0.1) is 0 Å². The predicted molar refractivity (Wildman–Crippen MR) is 72.6 cm³/mol. The second-order valence-corrected chi connectivity index (χ2v) is 4.69. The van der Waals surface area contributed by atoms with Crippen molar-refractivity contribution < 1.29 is 9.90 Å². The van der Waals surface area contributed by atoms with Gasteiger partial charge in [-0.2, -0.15) is 0 Å². The van der Waals surface area contributed by atoms with Crippen molar-refractivity contribution in [2.75, 3.05) is 11.9 Å². The van der Waals surface area contributed by atoms with Crippen molar-refractivity contribution in [3.8, 4) is 0 Å². The quantitative estimate of drug-likeness (QED) is 0.880. The van der Waals surface area contributed by atoms with Crippen molar-refractivity contribution in [1.82, 2.24) is 4.98 Å². The minimum Gasteiger partial charge on any atom is -0.478 e. The molecule has 0 bridgehead atoms. The molecule has 19 heavy (non-hydrogen) atoms. The zero-order chi connectivity index (χ0) is 13.2. The first kappa shape index (κ1) is 11.7. The Kier molecular flexibility index (Phi) is 2.91. The number of fused-ring (bicyclic) bond motifs is 1. The Morgan fingerprint density at radius 3 is 2.95 bits per heavy atom. The molecule has 1 aliphatic rings. The lowest BCUT2D eigenvalue weighted by Crippen LogP contribution is -2.25. The Labute approximate surface area is 111 Å². The summed E-state index contributed by atoms with van der Waals surface area (Å²) in [7, 11) is 0. The number of pyridine rings is 1. The van der Waals surface area contributed by atoms with E-state index < -0.39 is 5.97 Å². The van der Waals surface area contributed by atoms with Gasteiger partial charge in [0.05, 0.1) is 0 Å². The number of rotatable bonds is 4. The number of benzene rings is 1. The first-order chi connectivity index (χ1) is 9.25. The number of hydrogen-bond acceptors (Lipinski definition) is 3. The molecule has 4 nitrogen and oxygen atoms in total. The normalized spacial score (nSPS) is 16.3. The monoisotopic (exact) mass is 254 g/mol. The molecule has 0 saturated carbocycles. The second kappa shape index (κ2) is 4.72. The number of aromatic carboxylic acids is 1. The first-order valence-electron chi connectivity index (χ1n) is 6.25. The molecule has 0 fully saturated rings. The molecule has 1 heterocycles. The minimum atomic E-state index is -0.954. The maximum atomic E-state index is 11.1. The van der Waals surface area contributed by atoms with E-state index in [1.165, 1.54) is 11.1 Å². The molecule has 2 aromatic rings. The van der Waals surface area contributed by atoms with Gasteiger partial charge in [0.25, 0.3) is 0 Å². The van der Waals surface area contributed by atoms with Gasteiger partial charge in [0.2, 0.25) is 0 Å². The van der Waals surface area contributed by atoms with Gasteiger partial charge in [-0.3, -0.25) is 0 Å². The molecule has 1 unspecified atom stereocenters. The van der Waals surface area contributed by atoms with Crippen LogP contribution in [-0.4, -0.2) is 22.6 Å². The Bertz CT molecular complexity index is 625. The Hall–Kier alpha value is -2.36. The molecular weight excluding hydrogens is 240 g/mol. The van der Waals surface area contributed by atoms with E-state index in [2.05, 4.69) is 22.4 Å². The highest BCUT2D eigenvalue weighted by Gasteiger charge is 2.25. The van der Waals surface area contributed by atoms with Gasteiger partial charge in [-0.1, -0.05) is 24.3 Å². The van der Waals surface area contributed by atoms with Crippen LogP contribution < -0.4 is 5.32 Å². The third kappa shape index (κ3) is 2.17. The smallest absolute Gasteiger partial charge is 0.339 e. The fraction of sp³-hybridized carbons (Fsp3) is 0.200. The summed E-state index contributed by atoms with van der Waals surface area (Å²) in [6.07, 6.45) is 2.64. The van der Waals surface area contributed by atoms with Crippen molar-refractivity contribution in [2.45, 2.75) is 12.3 Å². The topological polar surface area (TPSA) is 62.2 Å². The van der Waals surface area contributed by atoms with E-state index in [1.54, 1.807) is 18.3 Å². The van der Waals surface area contributed by atoms with E-state index in [-0.39, 0.29) is 5.56 Å². The van der Waals surface area contributed by atoms with Crippen LogP contribution in [0, 0.1) is 0 Å². The van der Waals surface area contributed by atoms with Crippen molar-refractivity contribution in [3.63, 3.8) is 0 Å². The Morgan fingerprint density at radius 1 is 1.32 bits per heavy atom. The number of nitrogens with one attached hydrogen (secondary N) is 1. The molecule has 3 rings (SSSR count). The number of hydrogen-bond donors (Lipinski definition) is 2. The van der Waals surface area contributed by atoms with E-state index in [0.717, 1.165) is 6.42 Å². The molecule has 96 valence electrons. The number of anilines is 1. The van der Waals surface area contributed by atoms with E-state index in [0.29, 0.717) is 18.3 Å². The van der Waals surface area contributed by atoms with Crippen molar-refractivity contribution >= 4 is 11.8 Å². The summed E-state index contributed by atoms with van der Waals surface area (Å²) in [5.74, 6) is -0.0659. The van der Waals surface area contributed by atoms with Gasteiger partial charge >= 0.3 is 5.97 Å². The standard InChI is InChI=1S/C15H14N2O2/c18-15(19)13-6-3-7-16-14(13)17-9-11-8-10-4-1-2-5-12(10)11/h1-7,11H,8-9H2,(H,16,17)(H,18,19). The van der Waals surface area contributed by atoms with Gasteiger partial charge < -0.3 is 10.4 Å². The maximum absolute atomic E-state index is 11.1. The molecule has 0 saturated heterocycles. The third-order valence-corrected chi connectivity index (χ3v) is 3.52. The second-order valence-electron chi connectivity index (χ2n) is 4.69. The Morgan fingerprint density at radius 2 is 2.16 bits per heavy atom. The Balaban J connectivity index is 1.70. The summed E-state index contributed by atoms with van der Waals surface area (Å²) in [6, 6.07) is 11.5. The zero-order valence-corrected chi connectivity index (χ0v) is 10.3. The van der Waals surface area contributed by atoms with E-state index in [4.69, 9.17) is 5.11 Å². The number of carboxylic acid groups (broad SMARTS) is 1. The molecule has 1 aliphatic carbocycles. The maximum Gasteiger partial charge on any atom is 0.339 e. The summed E-state index contributed by atoms with van der Waals surface area (Å²) in [4.78, 5) is 15.2. The lowest BCUT2D eigenvalue weighted by Gasteiger charge is -2.30. The van der Waals surface area contributed by atoms with Crippen LogP contribution in [0.4, 0.5) is 5.82 Å². The van der Waals surface area contributed by atoms with Crippen LogP contribution in [0.15, 0.2) is 42.6 Å². The van der Waals surface area contributed by atoms with Gasteiger partial charge in [-0.25, -0.2) is 9.78 Å². The van der Waals surface area contributed by atoms with Crippen LogP contribution in [0.5, 0.6) is 0 Å². The highest BCUT2D eigenvalue weighted by Crippen LogP contribution is 2.34. The zero-order valence-electron chi connectivity index (χ0n) is 10.3. The van der Waals surface area contributed by atoms with E-state index >= 15 is 0 Å². The molecule has 2 N–H and O–H groups in total. The molecule has 0 spiro atoms. The van der Waals surface area contributed by atoms with E-state index in [1.807, 2.05) is 12.1 Å². The molecule has 0 radical (unpaired) electrons. The average molecular weight is 254 g/mol.